The first-order chi connectivity index (χ1) is 23.1. The quantitative estimate of drug-likeness (QED) is 0.177. The fraction of sp³-hybridized carbons (Fsp3) is 0.116. The molecule has 0 saturated heterocycles. The number of aromatic nitrogens is 4. The Bertz CT molecular complexity index is 2320. The van der Waals surface area contributed by atoms with Gasteiger partial charge in [0.15, 0.2) is 5.82 Å². The van der Waals surface area contributed by atoms with Crippen LogP contribution < -0.4 is 0 Å². The number of nitrogens with zero attached hydrogens (tertiary/aromatic N) is 4. The zero-order valence-corrected chi connectivity index (χ0v) is 26.6. The summed E-state index contributed by atoms with van der Waals surface area (Å²) in [4.78, 5) is 20.3. The van der Waals surface area contributed by atoms with E-state index in [0.717, 1.165) is 91.1 Å². The third-order valence-electron chi connectivity index (χ3n) is 9.08. The highest BCUT2D eigenvalue weighted by atomic mass is 14.9. The summed E-state index contributed by atoms with van der Waals surface area (Å²) in [6.45, 7) is 4.30. The second-order valence-corrected chi connectivity index (χ2v) is 12.2. The largest absolute Gasteiger partial charge is 0.251 e. The lowest BCUT2D eigenvalue weighted by atomic mass is 9.95. The number of hydrogen-bond donors (Lipinski definition) is 0. The van der Waals surface area contributed by atoms with Gasteiger partial charge in [-0.1, -0.05) is 122 Å². The van der Waals surface area contributed by atoms with Crippen LogP contribution in [0.2, 0.25) is 0 Å². The van der Waals surface area contributed by atoms with E-state index < -0.39 is 0 Å². The maximum absolute atomic E-state index is 5.16. The van der Waals surface area contributed by atoms with Gasteiger partial charge in [0, 0.05) is 39.1 Å². The van der Waals surface area contributed by atoms with Crippen LogP contribution in [0.5, 0.6) is 0 Å². The average Bonchev–Trinajstić information content (AvgIpc) is 3.15. The highest BCUT2D eigenvalue weighted by Gasteiger charge is 2.16. The molecule has 47 heavy (non-hydrogen) atoms. The third kappa shape index (κ3) is 5.64. The smallest absolute Gasteiger partial charge is 0.160 e. The van der Waals surface area contributed by atoms with Crippen molar-refractivity contribution in [3.8, 4) is 45.0 Å². The number of rotatable bonds is 6. The van der Waals surface area contributed by atoms with Crippen LogP contribution in [0.4, 0.5) is 0 Å². The van der Waals surface area contributed by atoms with Crippen LogP contribution >= 0.6 is 0 Å². The maximum atomic E-state index is 5.16. The molecule has 226 valence electrons. The topological polar surface area (TPSA) is 51.6 Å². The van der Waals surface area contributed by atoms with Crippen molar-refractivity contribution in [3.63, 3.8) is 0 Å². The van der Waals surface area contributed by atoms with E-state index in [4.69, 9.17) is 19.9 Å². The monoisotopic (exact) mass is 606 g/mol. The van der Waals surface area contributed by atoms with Crippen molar-refractivity contribution in [2.24, 2.45) is 0 Å². The first kappa shape index (κ1) is 28.7. The van der Waals surface area contributed by atoms with Crippen LogP contribution in [0, 0.1) is 6.92 Å². The Kier molecular flexibility index (Phi) is 7.47. The predicted molar refractivity (Wildman–Crippen MR) is 194 cm³/mol. The highest BCUT2D eigenvalue weighted by Crippen LogP contribution is 2.33. The predicted octanol–water partition coefficient (Wildman–Crippen LogP) is 10.7. The molecule has 0 N–H and O–H groups in total. The minimum absolute atomic E-state index is 0.231. The Morgan fingerprint density at radius 1 is 0.596 bits per heavy atom. The molecule has 0 bridgehead atoms. The van der Waals surface area contributed by atoms with Gasteiger partial charge in [-0.2, -0.15) is 0 Å². The van der Waals surface area contributed by atoms with Crippen LogP contribution in [-0.4, -0.2) is 19.9 Å². The lowest BCUT2D eigenvalue weighted by molar-refractivity contribution is 0.811. The zero-order valence-electron chi connectivity index (χ0n) is 26.6. The summed E-state index contributed by atoms with van der Waals surface area (Å²) in [5.74, 6) is 0.973. The summed E-state index contributed by atoms with van der Waals surface area (Å²) < 4.78 is 0. The number of aryl methyl sites for hydroxylation is 2. The molecule has 1 aliphatic carbocycles. The van der Waals surface area contributed by atoms with E-state index in [-0.39, 0.29) is 5.92 Å². The second kappa shape index (κ2) is 12.2. The number of hydrogen-bond acceptors (Lipinski definition) is 4. The Balaban J connectivity index is 1.15. The molecule has 0 saturated carbocycles. The van der Waals surface area contributed by atoms with Crippen molar-refractivity contribution < 1.29 is 0 Å². The summed E-state index contributed by atoms with van der Waals surface area (Å²) in [7, 11) is 0. The standard InChI is InChI=1S/C43H34N4/c1-3-36-23-21-33-22-24-37-28(2)25-38(45-42(37)41(33)44-36)32-19-17-29(18-20-32)34-15-10-16-35(26-34)43-46-39(30-11-6-4-7-12-30)27-40(47-43)31-13-8-5-9-14-31/h4-13,15-27,31H,3,14H2,1-2H3. The van der Waals surface area contributed by atoms with Gasteiger partial charge in [-0.3, -0.25) is 4.98 Å². The maximum Gasteiger partial charge on any atom is 0.160 e. The van der Waals surface area contributed by atoms with Crippen LogP contribution in [0.3, 0.4) is 0 Å². The number of fused-ring (bicyclic) bond motifs is 3. The van der Waals surface area contributed by atoms with Gasteiger partial charge >= 0.3 is 0 Å². The van der Waals surface area contributed by atoms with Crippen molar-refractivity contribution >= 4 is 21.8 Å². The Labute approximate surface area is 275 Å². The van der Waals surface area contributed by atoms with Crippen LogP contribution in [0.1, 0.15) is 36.2 Å². The van der Waals surface area contributed by atoms with Crippen LogP contribution in [0.25, 0.3) is 66.8 Å². The van der Waals surface area contributed by atoms with E-state index in [9.17, 15) is 0 Å². The van der Waals surface area contributed by atoms with Crippen LogP contribution in [0.15, 0.2) is 140 Å². The molecule has 4 aromatic carbocycles. The zero-order chi connectivity index (χ0) is 31.7. The summed E-state index contributed by atoms with van der Waals surface area (Å²) in [6.07, 6.45) is 10.5. The Morgan fingerprint density at radius 3 is 2.15 bits per heavy atom. The van der Waals surface area contributed by atoms with E-state index in [1.54, 1.807) is 0 Å². The van der Waals surface area contributed by atoms with E-state index in [0.29, 0.717) is 0 Å². The molecule has 4 heteroatoms. The second-order valence-electron chi connectivity index (χ2n) is 12.2. The highest BCUT2D eigenvalue weighted by molar-refractivity contribution is 6.04. The first-order valence-electron chi connectivity index (χ1n) is 16.3. The Hall–Kier alpha value is -5.74. The van der Waals surface area contributed by atoms with Crippen molar-refractivity contribution in [1.82, 2.24) is 19.9 Å². The molecule has 1 atom stereocenters. The average molecular weight is 607 g/mol. The molecule has 3 aromatic heterocycles. The molecule has 1 unspecified atom stereocenters. The molecule has 0 fully saturated rings. The summed E-state index contributed by atoms with van der Waals surface area (Å²) >= 11 is 0. The fourth-order valence-corrected chi connectivity index (χ4v) is 6.44. The SMILES string of the molecule is CCc1ccc2ccc3c(C)cc(-c4ccc(-c5cccc(-c6nc(-c7ccccc7)cc(C7C=CC=CC7)n6)c5)cc4)nc3c2n1. The molecule has 0 spiro atoms. The van der Waals surface area contributed by atoms with Crippen molar-refractivity contribution in [3.05, 3.63) is 157 Å². The minimum Gasteiger partial charge on any atom is -0.251 e. The van der Waals surface area contributed by atoms with E-state index >= 15 is 0 Å². The molecule has 0 aliphatic heterocycles. The van der Waals surface area contributed by atoms with E-state index in [1.165, 1.54) is 5.56 Å². The van der Waals surface area contributed by atoms with E-state index in [2.05, 4.69) is 147 Å². The number of pyridine rings is 2. The van der Waals surface area contributed by atoms with Crippen LogP contribution in [-0.2, 0) is 6.42 Å². The normalized spacial score (nSPS) is 14.2. The molecule has 0 amide bonds. The lowest BCUT2D eigenvalue weighted by Crippen LogP contribution is -2.04. The molecule has 3 heterocycles. The van der Waals surface area contributed by atoms with Crippen molar-refractivity contribution in [2.45, 2.75) is 32.6 Å². The molecule has 4 nitrogen and oxygen atoms in total. The van der Waals surface area contributed by atoms with Gasteiger partial charge in [0.1, 0.15) is 0 Å². The molecule has 7 aromatic rings. The molecule has 8 rings (SSSR count). The lowest BCUT2D eigenvalue weighted by Gasteiger charge is -2.16. The molecule has 1 aliphatic rings. The van der Waals surface area contributed by atoms with Gasteiger partial charge in [-0.25, -0.2) is 15.0 Å². The van der Waals surface area contributed by atoms with Gasteiger partial charge < -0.3 is 0 Å². The Morgan fingerprint density at radius 2 is 1.34 bits per heavy atom. The third-order valence-corrected chi connectivity index (χ3v) is 9.08. The van der Waals surface area contributed by atoms with Gasteiger partial charge in [-0.15, -0.1) is 0 Å². The van der Waals surface area contributed by atoms with Crippen molar-refractivity contribution in [1.29, 1.82) is 0 Å². The molecular formula is C43H34N4. The van der Waals surface area contributed by atoms with Crippen molar-refractivity contribution in [2.75, 3.05) is 0 Å². The molecular weight excluding hydrogens is 573 g/mol. The number of benzene rings is 4. The van der Waals surface area contributed by atoms with Gasteiger partial charge in [0.2, 0.25) is 0 Å². The summed E-state index contributed by atoms with van der Waals surface area (Å²) in [5.41, 5.74) is 12.6. The molecule has 0 radical (unpaired) electrons. The van der Waals surface area contributed by atoms with Gasteiger partial charge in [0.25, 0.3) is 0 Å². The summed E-state index contributed by atoms with van der Waals surface area (Å²) in [5, 5.41) is 2.26. The summed E-state index contributed by atoms with van der Waals surface area (Å²) in [6, 6.07) is 40.5. The number of allylic oxidation sites excluding steroid dienone is 4. The van der Waals surface area contributed by atoms with E-state index in [1.807, 2.05) is 6.07 Å². The van der Waals surface area contributed by atoms with Gasteiger partial charge in [0.05, 0.1) is 28.1 Å². The fourth-order valence-electron chi connectivity index (χ4n) is 6.44. The van der Waals surface area contributed by atoms with Gasteiger partial charge in [-0.05, 0) is 60.7 Å². The minimum atomic E-state index is 0.231. The first-order valence-corrected chi connectivity index (χ1v) is 16.3.